The van der Waals surface area contributed by atoms with Gasteiger partial charge in [0.15, 0.2) is 5.82 Å². The standard InChI is InChI=1S/C19H30N4O3/c1-25-12-11-23-9-4-7-19(18(23)24)8-10-22(14-19)13-16-20-17(26-21-16)15-5-2-3-6-15/h15H,2-14H2,1H3. The van der Waals surface area contributed by atoms with Gasteiger partial charge in [-0.2, -0.15) is 4.98 Å². The molecule has 7 nitrogen and oxygen atoms in total. The number of carbonyl (C=O) groups is 1. The van der Waals surface area contributed by atoms with Gasteiger partial charge in [-0.15, -0.1) is 0 Å². The van der Waals surface area contributed by atoms with Gasteiger partial charge in [-0.25, -0.2) is 0 Å². The van der Waals surface area contributed by atoms with Gasteiger partial charge in [0.05, 0.1) is 18.6 Å². The summed E-state index contributed by atoms with van der Waals surface area (Å²) in [5.74, 6) is 2.34. The molecule has 0 aromatic carbocycles. The largest absolute Gasteiger partial charge is 0.383 e. The van der Waals surface area contributed by atoms with Gasteiger partial charge in [0, 0.05) is 32.7 Å². The SMILES string of the molecule is COCCN1CCCC2(CCN(Cc3noc(C4CCCC4)n3)C2)C1=O. The van der Waals surface area contributed by atoms with Crippen molar-refractivity contribution in [1.82, 2.24) is 19.9 Å². The smallest absolute Gasteiger partial charge is 0.230 e. The number of amides is 1. The summed E-state index contributed by atoms with van der Waals surface area (Å²) >= 11 is 0. The Hall–Kier alpha value is -1.47. The fraction of sp³-hybridized carbons (Fsp3) is 0.842. The molecule has 3 fully saturated rings. The van der Waals surface area contributed by atoms with Gasteiger partial charge in [-0.3, -0.25) is 9.69 Å². The molecule has 0 radical (unpaired) electrons. The normalized spacial score (nSPS) is 27.9. The van der Waals surface area contributed by atoms with E-state index in [-0.39, 0.29) is 5.41 Å². The van der Waals surface area contributed by atoms with Crippen LogP contribution in [0.2, 0.25) is 0 Å². The number of aromatic nitrogens is 2. The summed E-state index contributed by atoms with van der Waals surface area (Å²) in [5.41, 5.74) is -0.218. The lowest BCUT2D eigenvalue weighted by atomic mass is 9.78. The number of rotatable bonds is 6. The lowest BCUT2D eigenvalue weighted by Gasteiger charge is -2.39. The summed E-state index contributed by atoms with van der Waals surface area (Å²) in [4.78, 5) is 22.0. The maximum atomic E-state index is 13.0. The molecule has 2 saturated heterocycles. The Kier molecular flexibility index (Phi) is 5.27. The molecule has 1 saturated carbocycles. The first-order valence-electron chi connectivity index (χ1n) is 10.0. The average molecular weight is 362 g/mol. The zero-order valence-corrected chi connectivity index (χ0v) is 15.8. The number of carbonyl (C=O) groups excluding carboxylic acids is 1. The number of piperidine rings is 1. The maximum Gasteiger partial charge on any atom is 0.230 e. The van der Waals surface area contributed by atoms with Crippen LogP contribution in [0.4, 0.5) is 0 Å². The molecule has 7 heteroatoms. The Morgan fingerprint density at radius 1 is 1.23 bits per heavy atom. The summed E-state index contributed by atoms with van der Waals surface area (Å²) in [6.07, 6.45) is 7.86. The zero-order valence-electron chi connectivity index (χ0n) is 15.8. The fourth-order valence-corrected chi connectivity index (χ4v) is 4.91. The topological polar surface area (TPSA) is 71.7 Å². The predicted molar refractivity (Wildman–Crippen MR) is 95.5 cm³/mol. The van der Waals surface area contributed by atoms with E-state index >= 15 is 0 Å². The van der Waals surface area contributed by atoms with Crippen LogP contribution in [0, 0.1) is 5.41 Å². The molecule has 3 aliphatic rings. The van der Waals surface area contributed by atoms with E-state index in [0.29, 0.717) is 31.5 Å². The molecule has 3 heterocycles. The van der Waals surface area contributed by atoms with Crippen LogP contribution in [0.5, 0.6) is 0 Å². The Bertz CT molecular complexity index is 628. The number of likely N-dealkylation sites (tertiary alicyclic amines) is 2. The molecule has 1 spiro atoms. The second-order valence-corrected chi connectivity index (χ2v) is 8.16. The number of nitrogens with zero attached hydrogens (tertiary/aromatic N) is 4. The van der Waals surface area contributed by atoms with Crippen molar-refractivity contribution < 1.29 is 14.1 Å². The minimum Gasteiger partial charge on any atom is -0.383 e. The third-order valence-corrected chi connectivity index (χ3v) is 6.38. The van der Waals surface area contributed by atoms with Crippen molar-refractivity contribution in [1.29, 1.82) is 0 Å². The minimum absolute atomic E-state index is 0.218. The highest BCUT2D eigenvalue weighted by Crippen LogP contribution is 2.40. The van der Waals surface area contributed by atoms with Crippen LogP contribution in [0.3, 0.4) is 0 Å². The third-order valence-electron chi connectivity index (χ3n) is 6.38. The Morgan fingerprint density at radius 3 is 2.88 bits per heavy atom. The molecule has 1 aromatic rings. The summed E-state index contributed by atoms with van der Waals surface area (Å²) in [5, 5.41) is 4.19. The lowest BCUT2D eigenvalue weighted by Crippen LogP contribution is -2.50. The highest BCUT2D eigenvalue weighted by molar-refractivity contribution is 5.84. The van der Waals surface area contributed by atoms with Gasteiger partial charge >= 0.3 is 0 Å². The van der Waals surface area contributed by atoms with E-state index in [9.17, 15) is 4.79 Å². The Balaban J connectivity index is 1.36. The van der Waals surface area contributed by atoms with E-state index in [1.165, 1.54) is 25.7 Å². The van der Waals surface area contributed by atoms with Crippen molar-refractivity contribution in [3.63, 3.8) is 0 Å². The first-order valence-corrected chi connectivity index (χ1v) is 10.0. The van der Waals surface area contributed by atoms with Crippen molar-refractivity contribution in [3.8, 4) is 0 Å². The van der Waals surface area contributed by atoms with Crippen LogP contribution in [-0.4, -0.2) is 65.7 Å². The number of hydrogen-bond donors (Lipinski definition) is 0. The van der Waals surface area contributed by atoms with Crippen molar-refractivity contribution in [2.45, 2.75) is 57.4 Å². The van der Waals surface area contributed by atoms with Crippen LogP contribution < -0.4 is 0 Å². The van der Waals surface area contributed by atoms with Crippen molar-refractivity contribution in [2.75, 3.05) is 39.9 Å². The molecule has 1 unspecified atom stereocenters. The molecule has 2 aliphatic heterocycles. The summed E-state index contributed by atoms with van der Waals surface area (Å²) in [7, 11) is 1.69. The van der Waals surface area contributed by atoms with Crippen molar-refractivity contribution in [3.05, 3.63) is 11.7 Å². The van der Waals surface area contributed by atoms with E-state index in [1.807, 2.05) is 4.90 Å². The monoisotopic (exact) mass is 362 g/mol. The van der Waals surface area contributed by atoms with Crippen LogP contribution in [0.25, 0.3) is 0 Å². The summed E-state index contributed by atoms with van der Waals surface area (Å²) in [6, 6.07) is 0. The van der Waals surface area contributed by atoms with Crippen molar-refractivity contribution >= 4 is 5.91 Å². The number of ether oxygens (including phenoxy) is 1. The van der Waals surface area contributed by atoms with Crippen LogP contribution in [0.1, 0.15) is 62.6 Å². The minimum atomic E-state index is -0.218. The second-order valence-electron chi connectivity index (χ2n) is 8.16. The Labute approximate surface area is 155 Å². The molecule has 4 rings (SSSR count). The molecule has 0 N–H and O–H groups in total. The van der Waals surface area contributed by atoms with Crippen LogP contribution in [0.15, 0.2) is 4.52 Å². The van der Waals surface area contributed by atoms with Gasteiger partial charge in [-0.1, -0.05) is 18.0 Å². The lowest BCUT2D eigenvalue weighted by molar-refractivity contribution is -0.146. The average Bonchev–Trinajstić information content (AvgIpc) is 3.38. The van der Waals surface area contributed by atoms with E-state index in [4.69, 9.17) is 9.26 Å². The highest BCUT2D eigenvalue weighted by atomic mass is 16.5. The molecule has 26 heavy (non-hydrogen) atoms. The van der Waals surface area contributed by atoms with Crippen molar-refractivity contribution in [2.24, 2.45) is 5.41 Å². The molecule has 0 bridgehead atoms. The molecule has 1 aromatic heterocycles. The van der Waals surface area contributed by atoms with Crippen LogP contribution >= 0.6 is 0 Å². The third kappa shape index (κ3) is 3.51. The molecular weight excluding hydrogens is 332 g/mol. The Morgan fingerprint density at radius 2 is 2.08 bits per heavy atom. The first kappa shape index (κ1) is 17.9. The molecule has 1 amide bonds. The molecule has 1 aliphatic carbocycles. The van der Waals surface area contributed by atoms with Crippen LogP contribution in [-0.2, 0) is 16.1 Å². The quantitative estimate of drug-likeness (QED) is 0.772. The summed E-state index contributed by atoms with van der Waals surface area (Å²) in [6.45, 7) is 4.59. The predicted octanol–water partition coefficient (Wildman–Crippen LogP) is 2.19. The molecular formula is C19H30N4O3. The van der Waals surface area contributed by atoms with E-state index in [2.05, 4.69) is 15.0 Å². The van der Waals surface area contributed by atoms with E-state index < -0.39 is 0 Å². The zero-order chi connectivity index (χ0) is 18.0. The van der Waals surface area contributed by atoms with Gasteiger partial charge in [0.2, 0.25) is 11.8 Å². The highest BCUT2D eigenvalue weighted by Gasteiger charge is 2.48. The van der Waals surface area contributed by atoms with Gasteiger partial charge in [-0.05, 0) is 38.6 Å². The maximum absolute atomic E-state index is 13.0. The molecule has 144 valence electrons. The molecule has 1 atom stereocenters. The summed E-state index contributed by atoms with van der Waals surface area (Å²) < 4.78 is 10.7. The second kappa shape index (κ2) is 7.64. The number of hydrogen-bond acceptors (Lipinski definition) is 6. The van der Waals surface area contributed by atoms with Gasteiger partial charge in [0.1, 0.15) is 0 Å². The van der Waals surface area contributed by atoms with E-state index in [1.54, 1.807) is 7.11 Å². The van der Waals surface area contributed by atoms with Gasteiger partial charge < -0.3 is 14.2 Å². The van der Waals surface area contributed by atoms with Gasteiger partial charge in [0.25, 0.3) is 0 Å². The fourth-order valence-electron chi connectivity index (χ4n) is 4.91. The van der Waals surface area contributed by atoms with E-state index in [0.717, 1.165) is 50.6 Å². The number of methoxy groups -OCH3 is 1. The first-order chi connectivity index (χ1) is 12.7.